The van der Waals surface area contributed by atoms with Gasteiger partial charge in [0.15, 0.2) is 23.1 Å². The summed E-state index contributed by atoms with van der Waals surface area (Å²) in [7, 11) is 0. The first-order valence-corrected chi connectivity index (χ1v) is 10.8. The van der Waals surface area contributed by atoms with Gasteiger partial charge in [0.25, 0.3) is 0 Å². The number of carbonyl (C=O) groups excluding carboxylic acids is 1. The van der Waals surface area contributed by atoms with Crippen molar-refractivity contribution < 1.29 is 27.4 Å². The SMILES string of the molecule is C=CCOc1ccc(-c2ccc(C(=O)Oc3ccc(-c4ccc(C)cc4)c(F)c3F)cc2)cc1F. The van der Waals surface area contributed by atoms with Gasteiger partial charge in [-0.25, -0.2) is 13.6 Å². The normalized spacial score (nSPS) is 10.6. The molecule has 0 amide bonds. The highest BCUT2D eigenvalue weighted by molar-refractivity contribution is 5.91. The summed E-state index contributed by atoms with van der Waals surface area (Å²) in [6, 6.07) is 20.2. The van der Waals surface area contributed by atoms with Gasteiger partial charge >= 0.3 is 5.97 Å². The predicted octanol–water partition coefficient (Wildman–Crippen LogP) is 7.53. The van der Waals surface area contributed by atoms with E-state index in [1.54, 1.807) is 42.5 Å². The monoisotopic (exact) mass is 474 g/mol. The third kappa shape index (κ3) is 5.27. The van der Waals surface area contributed by atoms with Crippen LogP contribution in [0.15, 0.2) is 91.5 Å². The maximum Gasteiger partial charge on any atom is 0.343 e. The van der Waals surface area contributed by atoms with E-state index >= 15 is 0 Å². The Kier molecular flexibility index (Phi) is 7.01. The largest absolute Gasteiger partial charge is 0.486 e. The third-order valence-electron chi connectivity index (χ3n) is 5.35. The number of rotatable bonds is 7. The van der Waals surface area contributed by atoms with Gasteiger partial charge in [0.05, 0.1) is 5.56 Å². The molecule has 0 aliphatic rings. The lowest BCUT2D eigenvalue weighted by atomic mass is 10.0. The maximum atomic E-state index is 14.7. The van der Waals surface area contributed by atoms with Crippen LogP contribution in [0.3, 0.4) is 0 Å². The van der Waals surface area contributed by atoms with Crippen LogP contribution < -0.4 is 9.47 Å². The molecule has 0 bridgehead atoms. The zero-order chi connectivity index (χ0) is 24.9. The molecule has 35 heavy (non-hydrogen) atoms. The Bertz CT molecular complexity index is 1380. The van der Waals surface area contributed by atoms with Crippen molar-refractivity contribution >= 4 is 5.97 Å². The fraction of sp³-hybridized carbons (Fsp3) is 0.0690. The molecular formula is C29H21F3O3. The second-order valence-electron chi connectivity index (χ2n) is 7.82. The average molecular weight is 474 g/mol. The minimum atomic E-state index is -1.25. The van der Waals surface area contributed by atoms with Crippen molar-refractivity contribution in [2.24, 2.45) is 0 Å². The van der Waals surface area contributed by atoms with E-state index in [0.29, 0.717) is 16.7 Å². The molecule has 4 aromatic carbocycles. The van der Waals surface area contributed by atoms with E-state index in [-0.39, 0.29) is 23.5 Å². The van der Waals surface area contributed by atoms with Gasteiger partial charge in [0.2, 0.25) is 5.82 Å². The Balaban J connectivity index is 1.50. The molecule has 0 saturated heterocycles. The number of ether oxygens (including phenoxy) is 2. The van der Waals surface area contributed by atoms with Crippen LogP contribution in [0.25, 0.3) is 22.3 Å². The number of hydrogen-bond donors (Lipinski definition) is 0. The molecule has 0 spiro atoms. The van der Waals surface area contributed by atoms with E-state index in [0.717, 1.165) is 5.56 Å². The van der Waals surface area contributed by atoms with Crippen molar-refractivity contribution in [2.45, 2.75) is 6.92 Å². The Hall–Kier alpha value is -4.32. The van der Waals surface area contributed by atoms with Crippen LogP contribution in [0.5, 0.6) is 11.5 Å². The smallest absolute Gasteiger partial charge is 0.343 e. The van der Waals surface area contributed by atoms with E-state index in [9.17, 15) is 18.0 Å². The van der Waals surface area contributed by atoms with Crippen LogP contribution in [0.4, 0.5) is 13.2 Å². The Morgan fingerprint density at radius 1 is 0.800 bits per heavy atom. The molecule has 0 N–H and O–H groups in total. The summed E-state index contributed by atoms with van der Waals surface area (Å²) in [6.07, 6.45) is 1.52. The highest BCUT2D eigenvalue weighted by Gasteiger charge is 2.19. The molecule has 0 atom stereocenters. The van der Waals surface area contributed by atoms with E-state index in [4.69, 9.17) is 9.47 Å². The van der Waals surface area contributed by atoms with Crippen molar-refractivity contribution in [3.05, 3.63) is 120 Å². The van der Waals surface area contributed by atoms with Crippen LogP contribution in [0.2, 0.25) is 0 Å². The van der Waals surface area contributed by atoms with Gasteiger partial charge in [0, 0.05) is 5.56 Å². The summed E-state index contributed by atoms with van der Waals surface area (Å²) >= 11 is 0. The predicted molar refractivity (Wildman–Crippen MR) is 129 cm³/mol. The zero-order valence-electron chi connectivity index (χ0n) is 18.9. The Labute approximate surface area is 201 Å². The molecule has 0 saturated carbocycles. The molecule has 0 aliphatic heterocycles. The molecule has 3 nitrogen and oxygen atoms in total. The molecule has 0 aliphatic carbocycles. The Morgan fingerprint density at radius 3 is 2.09 bits per heavy atom. The molecule has 0 radical (unpaired) electrons. The second kappa shape index (κ2) is 10.3. The summed E-state index contributed by atoms with van der Waals surface area (Å²) in [5.74, 6) is -4.13. The molecule has 0 unspecified atom stereocenters. The number of halogens is 3. The van der Waals surface area contributed by atoms with E-state index in [1.165, 1.54) is 42.5 Å². The van der Waals surface area contributed by atoms with Crippen LogP contribution in [-0.4, -0.2) is 12.6 Å². The van der Waals surface area contributed by atoms with E-state index in [1.807, 2.05) is 6.92 Å². The summed E-state index contributed by atoms with van der Waals surface area (Å²) < 4.78 is 53.9. The zero-order valence-corrected chi connectivity index (χ0v) is 18.9. The minimum Gasteiger partial charge on any atom is -0.486 e. The fourth-order valence-corrected chi connectivity index (χ4v) is 3.47. The van der Waals surface area contributed by atoms with Crippen molar-refractivity contribution in [2.75, 3.05) is 6.61 Å². The molecule has 0 heterocycles. The van der Waals surface area contributed by atoms with Gasteiger partial charge in [0.1, 0.15) is 6.61 Å². The quantitative estimate of drug-likeness (QED) is 0.158. The number of benzene rings is 4. The summed E-state index contributed by atoms with van der Waals surface area (Å²) in [5, 5.41) is 0. The lowest BCUT2D eigenvalue weighted by Crippen LogP contribution is -2.10. The minimum absolute atomic E-state index is 0.0693. The molecule has 4 rings (SSSR count). The van der Waals surface area contributed by atoms with E-state index < -0.39 is 29.2 Å². The number of hydrogen-bond acceptors (Lipinski definition) is 3. The van der Waals surface area contributed by atoms with Gasteiger partial charge in [-0.15, -0.1) is 0 Å². The van der Waals surface area contributed by atoms with Crippen LogP contribution in [-0.2, 0) is 0 Å². The van der Waals surface area contributed by atoms with Crippen LogP contribution >= 0.6 is 0 Å². The average Bonchev–Trinajstić information content (AvgIpc) is 2.87. The first kappa shape index (κ1) is 23.8. The van der Waals surface area contributed by atoms with Gasteiger partial charge < -0.3 is 9.47 Å². The van der Waals surface area contributed by atoms with Crippen LogP contribution in [0, 0.1) is 24.4 Å². The van der Waals surface area contributed by atoms with Gasteiger partial charge in [-0.1, -0.05) is 60.7 Å². The second-order valence-corrected chi connectivity index (χ2v) is 7.82. The van der Waals surface area contributed by atoms with Crippen molar-refractivity contribution in [1.29, 1.82) is 0 Å². The summed E-state index contributed by atoms with van der Waals surface area (Å²) in [5.41, 5.74) is 2.93. The van der Waals surface area contributed by atoms with Gasteiger partial charge in [-0.2, -0.15) is 4.39 Å². The lowest BCUT2D eigenvalue weighted by molar-refractivity contribution is 0.0727. The third-order valence-corrected chi connectivity index (χ3v) is 5.35. The lowest BCUT2D eigenvalue weighted by Gasteiger charge is -2.10. The molecule has 176 valence electrons. The molecule has 6 heteroatoms. The molecule has 0 fully saturated rings. The van der Waals surface area contributed by atoms with E-state index in [2.05, 4.69) is 6.58 Å². The summed E-state index contributed by atoms with van der Waals surface area (Å²) in [6.45, 7) is 5.60. The van der Waals surface area contributed by atoms with Crippen molar-refractivity contribution in [1.82, 2.24) is 0 Å². The first-order chi connectivity index (χ1) is 16.9. The fourth-order valence-electron chi connectivity index (χ4n) is 3.47. The van der Waals surface area contributed by atoms with Crippen molar-refractivity contribution in [3.8, 4) is 33.8 Å². The maximum absolute atomic E-state index is 14.7. The van der Waals surface area contributed by atoms with Gasteiger partial charge in [-0.05, 0) is 60.0 Å². The first-order valence-electron chi connectivity index (χ1n) is 10.8. The number of carbonyl (C=O) groups is 1. The highest BCUT2D eigenvalue weighted by Crippen LogP contribution is 2.31. The molecule has 4 aromatic rings. The molecular weight excluding hydrogens is 453 g/mol. The number of esters is 1. The van der Waals surface area contributed by atoms with Crippen LogP contribution in [0.1, 0.15) is 15.9 Å². The Morgan fingerprint density at radius 2 is 1.43 bits per heavy atom. The topological polar surface area (TPSA) is 35.5 Å². The summed E-state index contributed by atoms with van der Waals surface area (Å²) in [4.78, 5) is 12.5. The standard InChI is InChI=1S/C29H21F3O3/c1-3-16-34-25-14-12-22(17-24(25)30)19-8-10-21(11-9-19)29(33)35-26-15-13-23(27(31)28(26)32)20-6-4-18(2)5-7-20/h3-15,17H,1,16H2,2H3. The van der Waals surface area contributed by atoms with Crippen molar-refractivity contribution in [3.63, 3.8) is 0 Å². The number of aryl methyl sites for hydroxylation is 1. The van der Waals surface area contributed by atoms with Gasteiger partial charge in [-0.3, -0.25) is 0 Å². The molecule has 0 aromatic heterocycles. The highest BCUT2D eigenvalue weighted by atomic mass is 19.2.